The fraction of sp³-hybridized carbons (Fsp3) is 0.286. The molecule has 9 heteroatoms. The van der Waals surface area contributed by atoms with E-state index in [9.17, 15) is 4.79 Å². The van der Waals surface area contributed by atoms with Crippen molar-refractivity contribution in [3.05, 3.63) is 60.0 Å². The smallest absolute Gasteiger partial charge is 0.282 e. The molecule has 3 rings (SSSR count). The Hall–Kier alpha value is -1.90. The van der Waals surface area contributed by atoms with E-state index in [1.807, 2.05) is 26.0 Å². The highest BCUT2D eigenvalue weighted by Gasteiger charge is 2.17. The molecule has 30 heavy (non-hydrogen) atoms. The van der Waals surface area contributed by atoms with Crippen LogP contribution in [0.2, 0.25) is 5.02 Å². The summed E-state index contributed by atoms with van der Waals surface area (Å²) >= 11 is 13.3. The van der Waals surface area contributed by atoms with Crippen LogP contribution < -0.4 is 15.0 Å². The van der Waals surface area contributed by atoms with E-state index < -0.39 is 0 Å². The first-order valence-corrected chi connectivity index (χ1v) is 11.3. The Kier molecular flexibility index (Phi) is 7.55. The third-order valence-electron chi connectivity index (χ3n) is 4.33. The van der Waals surface area contributed by atoms with Crippen LogP contribution in [0.15, 0.2) is 43.1 Å². The Morgan fingerprint density at radius 2 is 2.03 bits per heavy atom. The zero-order chi connectivity index (χ0) is 21.8. The Bertz CT molecular complexity index is 1180. The van der Waals surface area contributed by atoms with Crippen molar-refractivity contribution >= 4 is 60.6 Å². The third kappa shape index (κ3) is 4.55. The number of halogens is 3. The lowest BCUT2D eigenvalue weighted by atomic mass is 10.2. The second-order valence-corrected chi connectivity index (χ2v) is 8.45. The number of rotatable bonds is 7. The van der Waals surface area contributed by atoms with Crippen LogP contribution in [0, 0.1) is 0 Å². The summed E-state index contributed by atoms with van der Waals surface area (Å²) in [5.41, 5.74) is 1.05. The molecule has 158 valence electrons. The van der Waals surface area contributed by atoms with E-state index in [0.29, 0.717) is 56.3 Å². The zero-order valence-corrected chi connectivity index (χ0v) is 20.6. The van der Waals surface area contributed by atoms with Gasteiger partial charge in [-0.15, -0.1) is 0 Å². The Morgan fingerprint density at radius 1 is 1.27 bits per heavy atom. The first kappa shape index (κ1) is 22.8. The van der Waals surface area contributed by atoms with Crippen LogP contribution in [0.25, 0.3) is 10.9 Å². The van der Waals surface area contributed by atoms with Gasteiger partial charge in [-0.2, -0.15) is 9.78 Å². The zero-order valence-electron chi connectivity index (χ0n) is 16.7. The fourth-order valence-electron chi connectivity index (χ4n) is 2.95. The Labute approximate surface area is 196 Å². The van der Waals surface area contributed by atoms with Gasteiger partial charge in [0.1, 0.15) is 10.8 Å². The minimum Gasteiger partial charge on any atom is -0.493 e. The largest absolute Gasteiger partial charge is 0.493 e. The number of ether oxygens (including phenoxy) is 2. The topological polar surface area (TPSA) is 65.7 Å². The lowest BCUT2D eigenvalue weighted by molar-refractivity contribution is 0.311. The van der Waals surface area contributed by atoms with Crippen molar-refractivity contribution in [2.45, 2.75) is 26.7 Å². The van der Waals surface area contributed by atoms with Gasteiger partial charge in [0, 0.05) is 20.9 Å². The van der Waals surface area contributed by atoms with Crippen LogP contribution in [-0.2, 0) is 6.42 Å². The van der Waals surface area contributed by atoms with E-state index in [-0.39, 0.29) is 5.56 Å². The molecule has 1 aromatic heterocycles. The van der Waals surface area contributed by atoms with Gasteiger partial charge in [-0.25, -0.2) is 4.98 Å². The number of aromatic nitrogens is 2. The van der Waals surface area contributed by atoms with Gasteiger partial charge in [0.15, 0.2) is 11.5 Å². The molecule has 0 unspecified atom stereocenters. The number of aryl methyl sites for hydroxylation is 1. The Morgan fingerprint density at radius 3 is 2.70 bits per heavy atom. The molecule has 1 heterocycles. The average molecular weight is 558 g/mol. The molecule has 0 fully saturated rings. The predicted octanol–water partition coefficient (Wildman–Crippen LogP) is 5.82. The van der Waals surface area contributed by atoms with Gasteiger partial charge >= 0.3 is 0 Å². The molecule has 3 aromatic rings. The second-order valence-electron chi connectivity index (χ2n) is 6.36. The molecular weight excluding hydrogens is 538 g/mol. The minimum atomic E-state index is -0.235. The molecule has 0 saturated heterocycles. The second kappa shape index (κ2) is 9.94. The van der Waals surface area contributed by atoms with E-state index in [2.05, 4.69) is 41.9 Å². The number of benzene rings is 2. The number of methoxy groups -OCH3 is 1. The van der Waals surface area contributed by atoms with Crippen molar-refractivity contribution in [1.82, 2.24) is 9.66 Å². The lowest BCUT2D eigenvalue weighted by Crippen LogP contribution is -2.22. The van der Waals surface area contributed by atoms with Crippen molar-refractivity contribution in [3.8, 4) is 11.5 Å². The molecule has 0 radical (unpaired) electrons. The Balaban J connectivity index is 2.16. The predicted molar refractivity (Wildman–Crippen MR) is 128 cm³/mol. The van der Waals surface area contributed by atoms with E-state index >= 15 is 0 Å². The molecule has 6 nitrogen and oxygen atoms in total. The summed E-state index contributed by atoms with van der Waals surface area (Å²) in [4.78, 5) is 17.8. The standard InChI is InChI=1S/C21H20Br2ClN3O3/c1-4-6-17-26-15-8-7-13(22)10-14(15)21(28)27(17)25-11-12-9-16(29-3)20(30-5-2)19(24)18(12)23/h7-11H,4-6H2,1-3H3. The van der Waals surface area contributed by atoms with Crippen LogP contribution in [0.1, 0.15) is 31.7 Å². The van der Waals surface area contributed by atoms with Crippen molar-refractivity contribution in [2.24, 2.45) is 5.10 Å². The third-order valence-corrected chi connectivity index (χ3v) is 6.26. The lowest BCUT2D eigenvalue weighted by Gasteiger charge is -2.14. The van der Waals surface area contributed by atoms with Crippen LogP contribution >= 0.6 is 43.5 Å². The van der Waals surface area contributed by atoms with Crippen molar-refractivity contribution in [2.75, 3.05) is 13.7 Å². The molecule has 0 amide bonds. The molecule has 0 aliphatic heterocycles. The van der Waals surface area contributed by atoms with Crippen molar-refractivity contribution in [3.63, 3.8) is 0 Å². The molecule has 0 atom stereocenters. The molecule has 2 aromatic carbocycles. The SMILES string of the molecule is CCCc1nc2ccc(Br)cc2c(=O)n1N=Cc1cc(OC)c(OCC)c(Cl)c1Br. The van der Waals surface area contributed by atoms with E-state index in [4.69, 9.17) is 21.1 Å². The molecule has 0 aliphatic carbocycles. The summed E-state index contributed by atoms with van der Waals surface area (Å²) in [5, 5.41) is 5.31. The summed E-state index contributed by atoms with van der Waals surface area (Å²) in [6.07, 6.45) is 3.00. The number of nitrogens with zero attached hydrogens (tertiary/aromatic N) is 3. The average Bonchev–Trinajstić information content (AvgIpc) is 2.73. The highest BCUT2D eigenvalue weighted by molar-refractivity contribution is 9.10. The van der Waals surface area contributed by atoms with Crippen LogP contribution in [0.5, 0.6) is 11.5 Å². The highest BCUT2D eigenvalue weighted by Crippen LogP contribution is 2.42. The molecular formula is C21H20Br2ClN3O3. The van der Waals surface area contributed by atoms with Crippen LogP contribution in [0.3, 0.4) is 0 Å². The number of hydrogen-bond acceptors (Lipinski definition) is 5. The van der Waals surface area contributed by atoms with Gasteiger partial charge in [0.2, 0.25) is 0 Å². The van der Waals surface area contributed by atoms with E-state index in [1.165, 1.54) is 11.8 Å². The summed E-state index contributed by atoms with van der Waals surface area (Å²) < 4.78 is 13.7. The summed E-state index contributed by atoms with van der Waals surface area (Å²) in [6.45, 7) is 4.34. The van der Waals surface area contributed by atoms with Crippen LogP contribution in [-0.4, -0.2) is 29.6 Å². The quantitative estimate of drug-likeness (QED) is 0.344. The van der Waals surface area contributed by atoms with Gasteiger partial charge in [-0.05, 0) is 53.5 Å². The summed E-state index contributed by atoms with van der Waals surface area (Å²) in [7, 11) is 1.54. The number of fused-ring (bicyclic) bond motifs is 1. The fourth-order valence-corrected chi connectivity index (χ4v) is 3.96. The normalized spacial score (nSPS) is 11.4. The van der Waals surface area contributed by atoms with Gasteiger partial charge in [0.25, 0.3) is 5.56 Å². The van der Waals surface area contributed by atoms with E-state index in [0.717, 1.165) is 10.9 Å². The van der Waals surface area contributed by atoms with Crippen LogP contribution in [0.4, 0.5) is 0 Å². The van der Waals surface area contributed by atoms with Gasteiger partial charge in [0.05, 0.1) is 30.8 Å². The highest BCUT2D eigenvalue weighted by atomic mass is 79.9. The van der Waals surface area contributed by atoms with Crippen molar-refractivity contribution in [1.29, 1.82) is 0 Å². The van der Waals surface area contributed by atoms with E-state index in [1.54, 1.807) is 18.3 Å². The monoisotopic (exact) mass is 555 g/mol. The van der Waals surface area contributed by atoms with Crippen molar-refractivity contribution < 1.29 is 9.47 Å². The number of hydrogen-bond donors (Lipinski definition) is 0. The van der Waals surface area contributed by atoms with Gasteiger partial charge < -0.3 is 9.47 Å². The molecule has 0 bridgehead atoms. The maximum Gasteiger partial charge on any atom is 0.282 e. The first-order valence-electron chi connectivity index (χ1n) is 9.35. The molecule has 0 aliphatic rings. The maximum atomic E-state index is 13.1. The summed E-state index contributed by atoms with van der Waals surface area (Å²) in [6, 6.07) is 7.18. The molecule has 0 saturated carbocycles. The first-order chi connectivity index (χ1) is 14.4. The minimum absolute atomic E-state index is 0.235. The van der Waals surface area contributed by atoms with Gasteiger partial charge in [-0.3, -0.25) is 4.79 Å². The molecule has 0 N–H and O–H groups in total. The summed E-state index contributed by atoms with van der Waals surface area (Å²) in [5.74, 6) is 1.52. The van der Waals surface area contributed by atoms with Gasteiger partial charge in [-0.1, -0.05) is 34.5 Å². The maximum absolute atomic E-state index is 13.1. The molecule has 0 spiro atoms.